The van der Waals surface area contributed by atoms with Gasteiger partial charge in [0, 0.05) is 14.5 Å². The average Bonchev–Trinajstić information content (AvgIpc) is 2.86. The zero-order valence-electron chi connectivity index (χ0n) is 11.7. The maximum Gasteiger partial charge on any atom is 0.294 e. The molecule has 4 nitrogen and oxygen atoms in total. The molecule has 0 unspecified atom stereocenters. The monoisotopic (exact) mass is 400 g/mol. The smallest absolute Gasteiger partial charge is 0.294 e. The average molecular weight is 400 g/mol. The summed E-state index contributed by atoms with van der Waals surface area (Å²) in [5, 5.41) is 0.869. The van der Waals surface area contributed by atoms with Crippen LogP contribution in [0.4, 0.5) is 0 Å². The third kappa shape index (κ3) is 2.06. The van der Waals surface area contributed by atoms with Crippen LogP contribution in [0.25, 0.3) is 33.5 Å². The van der Waals surface area contributed by atoms with E-state index in [4.69, 9.17) is 4.42 Å². The van der Waals surface area contributed by atoms with E-state index in [1.54, 1.807) is 0 Å². The fraction of sp³-hybridized carbons (Fsp3) is 0. The highest BCUT2D eigenvalue weighted by Gasteiger charge is 2.15. The van der Waals surface area contributed by atoms with Crippen molar-refractivity contribution in [3.63, 3.8) is 0 Å². The van der Waals surface area contributed by atoms with E-state index in [2.05, 4.69) is 32.6 Å². The van der Waals surface area contributed by atoms with E-state index in [-0.39, 0.29) is 11.1 Å². The Balaban J connectivity index is 2.11. The van der Waals surface area contributed by atoms with Crippen LogP contribution in [0.5, 0.6) is 0 Å². The van der Waals surface area contributed by atoms with Crippen LogP contribution in [-0.4, -0.2) is 17.8 Å². The molecular weight excluding hydrogens is 390 g/mol. The number of H-pyrrole nitrogens is 1. The minimum atomic E-state index is -0.256. The number of nitrogens with zero attached hydrogens (tertiary/aromatic N) is 1. The van der Waals surface area contributed by atoms with Crippen LogP contribution in [0.2, 0.25) is 0 Å². The molecule has 2 aromatic carbocycles. The molecule has 106 valence electrons. The summed E-state index contributed by atoms with van der Waals surface area (Å²) in [4.78, 5) is 19.8. The summed E-state index contributed by atoms with van der Waals surface area (Å²) in [7, 11) is 2.01. The minimum Gasteiger partial charge on any atom is -0.449 e. The van der Waals surface area contributed by atoms with Gasteiger partial charge in [0.1, 0.15) is 24.8 Å². The molecule has 4 rings (SSSR count). The lowest BCUT2D eigenvalue weighted by atomic mass is 9.95. The Bertz CT molecular complexity index is 1080. The Morgan fingerprint density at radius 2 is 2.00 bits per heavy atom. The summed E-state index contributed by atoms with van der Waals surface area (Å²) < 4.78 is 6.69. The molecule has 0 fully saturated rings. The van der Waals surface area contributed by atoms with Crippen molar-refractivity contribution in [1.29, 1.82) is 0 Å². The van der Waals surface area contributed by atoms with Crippen molar-refractivity contribution in [3.8, 4) is 11.4 Å². The van der Waals surface area contributed by atoms with Crippen LogP contribution in [0.15, 0.2) is 51.7 Å². The van der Waals surface area contributed by atoms with Gasteiger partial charge in [0.15, 0.2) is 0 Å². The molecule has 0 amide bonds. The van der Waals surface area contributed by atoms with Gasteiger partial charge >= 0.3 is 0 Å². The predicted octanol–water partition coefficient (Wildman–Crippen LogP) is 2.20. The number of rotatable bonds is 1. The van der Waals surface area contributed by atoms with Gasteiger partial charge in [-0.25, -0.2) is 4.98 Å². The molecule has 0 aliphatic heterocycles. The van der Waals surface area contributed by atoms with Gasteiger partial charge in [0.2, 0.25) is 5.58 Å². The molecule has 0 radical (unpaired) electrons. The van der Waals surface area contributed by atoms with Gasteiger partial charge in [-0.1, -0.05) is 35.8 Å². The number of hydrogen-bond acceptors (Lipinski definition) is 3. The number of aromatic nitrogens is 2. The first-order valence-electron chi connectivity index (χ1n) is 6.81. The largest absolute Gasteiger partial charge is 0.449 e. The first kappa shape index (κ1) is 13.6. The highest BCUT2D eigenvalue weighted by Crippen LogP contribution is 2.27. The van der Waals surface area contributed by atoms with Gasteiger partial charge in [0.05, 0.1) is 0 Å². The van der Waals surface area contributed by atoms with Gasteiger partial charge in [-0.15, -0.1) is 0 Å². The summed E-state index contributed by atoms with van der Waals surface area (Å²) in [5.74, 6) is 0.562. The standard InChI is InChI=1S/C16H10BIN2O2/c17-8-5-6-12-10(7-8)13-14(22-12)16(21)20-15(19-13)9-3-1-2-4-11(9)18/h1-7H,17H2,(H,19,20,21). The van der Waals surface area contributed by atoms with Crippen molar-refractivity contribution in [2.45, 2.75) is 0 Å². The third-order valence-corrected chi connectivity index (χ3v) is 4.55. The summed E-state index contributed by atoms with van der Waals surface area (Å²) in [5.41, 5.74) is 3.32. The van der Waals surface area contributed by atoms with Crippen LogP contribution >= 0.6 is 22.6 Å². The van der Waals surface area contributed by atoms with Gasteiger partial charge in [-0.3, -0.25) is 4.79 Å². The van der Waals surface area contributed by atoms with Crippen molar-refractivity contribution in [1.82, 2.24) is 9.97 Å². The van der Waals surface area contributed by atoms with E-state index >= 15 is 0 Å². The molecule has 0 spiro atoms. The van der Waals surface area contributed by atoms with Gasteiger partial charge in [-0.2, -0.15) is 0 Å². The van der Waals surface area contributed by atoms with Gasteiger partial charge in [0.25, 0.3) is 5.56 Å². The number of hydrogen-bond donors (Lipinski definition) is 1. The lowest BCUT2D eigenvalue weighted by molar-refractivity contribution is 0.661. The number of furan rings is 1. The van der Waals surface area contributed by atoms with Crippen molar-refractivity contribution in [2.24, 2.45) is 0 Å². The molecule has 0 bridgehead atoms. The maximum atomic E-state index is 12.3. The molecule has 2 aromatic heterocycles. The second kappa shape index (κ2) is 4.98. The molecule has 0 saturated carbocycles. The molecule has 6 heteroatoms. The van der Waals surface area contributed by atoms with Crippen LogP contribution in [-0.2, 0) is 0 Å². The molecule has 0 aliphatic rings. The second-order valence-corrected chi connectivity index (χ2v) is 6.34. The fourth-order valence-corrected chi connectivity index (χ4v) is 3.19. The number of nitrogens with one attached hydrogen (secondary N) is 1. The van der Waals surface area contributed by atoms with Crippen molar-refractivity contribution < 1.29 is 4.42 Å². The second-order valence-electron chi connectivity index (χ2n) is 5.17. The Kier molecular flexibility index (Phi) is 3.07. The van der Waals surface area contributed by atoms with E-state index in [9.17, 15) is 4.79 Å². The molecule has 0 saturated heterocycles. The third-order valence-electron chi connectivity index (χ3n) is 3.61. The summed E-state index contributed by atoms with van der Waals surface area (Å²) in [6, 6.07) is 13.6. The lowest BCUT2D eigenvalue weighted by Gasteiger charge is -2.03. The summed E-state index contributed by atoms with van der Waals surface area (Å²) >= 11 is 2.24. The van der Waals surface area contributed by atoms with Crippen LogP contribution < -0.4 is 11.0 Å². The highest BCUT2D eigenvalue weighted by molar-refractivity contribution is 14.1. The van der Waals surface area contributed by atoms with E-state index in [0.717, 1.165) is 20.0 Å². The molecule has 0 atom stereocenters. The van der Waals surface area contributed by atoms with Crippen molar-refractivity contribution >= 4 is 58.0 Å². The minimum absolute atomic E-state index is 0.256. The van der Waals surface area contributed by atoms with Crippen LogP contribution in [0.1, 0.15) is 0 Å². The lowest BCUT2D eigenvalue weighted by Crippen LogP contribution is -2.08. The number of aromatic amines is 1. The molecular formula is C16H10BIN2O2. The Morgan fingerprint density at radius 3 is 2.82 bits per heavy atom. The molecule has 1 N–H and O–H groups in total. The Morgan fingerprint density at radius 1 is 1.18 bits per heavy atom. The van der Waals surface area contributed by atoms with Crippen LogP contribution in [0.3, 0.4) is 0 Å². The zero-order chi connectivity index (χ0) is 15.3. The van der Waals surface area contributed by atoms with Crippen LogP contribution in [0, 0.1) is 3.57 Å². The zero-order valence-corrected chi connectivity index (χ0v) is 13.8. The fourth-order valence-electron chi connectivity index (χ4n) is 2.55. The normalized spacial score (nSPS) is 11.3. The van der Waals surface area contributed by atoms with Gasteiger partial charge < -0.3 is 9.40 Å². The van der Waals surface area contributed by atoms with E-state index < -0.39 is 0 Å². The van der Waals surface area contributed by atoms with E-state index in [1.807, 2.05) is 50.3 Å². The van der Waals surface area contributed by atoms with E-state index in [1.165, 1.54) is 0 Å². The topological polar surface area (TPSA) is 58.9 Å². The first-order valence-corrected chi connectivity index (χ1v) is 7.89. The highest BCUT2D eigenvalue weighted by atomic mass is 127. The summed E-state index contributed by atoms with van der Waals surface area (Å²) in [6.45, 7) is 0. The predicted molar refractivity (Wildman–Crippen MR) is 98.5 cm³/mol. The molecule has 0 aliphatic carbocycles. The molecule has 2 heterocycles. The van der Waals surface area contributed by atoms with Crippen molar-refractivity contribution in [3.05, 3.63) is 56.4 Å². The SMILES string of the molecule is Bc1ccc2oc3c(=O)[nH]c(-c4ccccc4I)nc3c2c1. The van der Waals surface area contributed by atoms with E-state index in [0.29, 0.717) is 16.9 Å². The quantitative estimate of drug-likeness (QED) is 0.394. The van der Waals surface area contributed by atoms with Crippen molar-refractivity contribution in [2.75, 3.05) is 0 Å². The molecule has 4 aromatic rings. The maximum absolute atomic E-state index is 12.3. The van der Waals surface area contributed by atoms with Gasteiger partial charge in [-0.05, 0) is 34.7 Å². The Hall–Kier alpha value is -2.09. The molecule has 22 heavy (non-hydrogen) atoms. The Labute approximate surface area is 140 Å². The number of benzene rings is 2. The number of fused-ring (bicyclic) bond motifs is 3. The number of halogens is 1. The first-order chi connectivity index (χ1) is 10.6. The summed E-state index contributed by atoms with van der Waals surface area (Å²) in [6.07, 6.45) is 0.